The second-order valence-electron chi connectivity index (χ2n) is 6.64. The van der Waals surface area contributed by atoms with E-state index in [0.29, 0.717) is 24.8 Å². The maximum atomic E-state index is 12.5. The van der Waals surface area contributed by atoms with Crippen molar-refractivity contribution < 1.29 is 14.3 Å². The van der Waals surface area contributed by atoms with Crippen molar-refractivity contribution in [3.05, 3.63) is 64.7 Å². The van der Waals surface area contributed by atoms with Crippen LogP contribution in [-0.2, 0) is 21.4 Å². The zero-order valence-electron chi connectivity index (χ0n) is 15.0. The smallest absolute Gasteiger partial charge is 0.224 e. The Balaban J connectivity index is 1.75. The third kappa shape index (κ3) is 4.19. The Morgan fingerprint density at radius 1 is 1.15 bits per heavy atom. The number of rotatable bonds is 6. The van der Waals surface area contributed by atoms with Crippen LogP contribution < -0.4 is 10.1 Å². The molecule has 0 spiro atoms. The predicted octanol–water partition coefficient (Wildman–Crippen LogP) is 3.76. The third-order valence-corrected chi connectivity index (χ3v) is 5.43. The summed E-state index contributed by atoms with van der Waals surface area (Å²) in [5, 5.41) is 3.73. The summed E-state index contributed by atoms with van der Waals surface area (Å²) < 4.78 is 11.1. The first kappa shape index (κ1) is 18.7. The molecule has 1 N–H and O–H groups in total. The van der Waals surface area contributed by atoms with E-state index in [1.165, 1.54) is 0 Å². The van der Waals surface area contributed by atoms with Gasteiger partial charge in [-0.15, -0.1) is 0 Å². The lowest BCUT2D eigenvalue weighted by molar-refractivity contribution is -0.121. The van der Waals surface area contributed by atoms with E-state index in [2.05, 4.69) is 11.4 Å². The van der Waals surface area contributed by atoms with E-state index in [0.717, 1.165) is 29.7 Å². The summed E-state index contributed by atoms with van der Waals surface area (Å²) in [6, 6.07) is 15.5. The fraction of sp³-hybridized carbons (Fsp3) is 0.381. The first-order valence-electron chi connectivity index (χ1n) is 8.86. The lowest BCUT2D eigenvalue weighted by Gasteiger charge is -2.38. The van der Waals surface area contributed by atoms with Crippen LogP contribution in [0.25, 0.3) is 0 Å². The molecule has 0 atom stereocenters. The Kier molecular flexibility index (Phi) is 6.17. The molecular weight excluding hydrogens is 350 g/mol. The molecular formula is C21H24ClNO3. The number of amides is 1. The molecule has 0 radical (unpaired) electrons. The van der Waals surface area contributed by atoms with E-state index in [9.17, 15) is 4.79 Å². The number of methoxy groups -OCH3 is 1. The molecule has 1 amide bonds. The van der Waals surface area contributed by atoms with Gasteiger partial charge in [-0.25, -0.2) is 0 Å². The lowest BCUT2D eigenvalue weighted by Crippen LogP contribution is -2.45. The van der Waals surface area contributed by atoms with Gasteiger partial charge in [0.2, 0.25) is 5.91 Å². The van der Waals surface area contributed by atoms with E-state index < -0.39 is 0 Å². The highest BCUT2D eigenvalue weighted by Gasteiger charge is 2.37. The van der Waals surface area contributed by atoms with Crippen LogP contribution in [0.3, 0.4) is 0 Å². The van der Waals surface area contributed by atoms with Gasteiger partial charge in [0.25, 0.3) is 0 Å². The molecule has 138 valence electrons. The Morgan fingerprint density at radius 2 is 1.85 bits per heavy atom. The predicted molar refractivity (Wildman–Crippen MR) is 103 cm³/mol. The van der Waals surface area contributed by atoms with Crippen molar-refractivity contribution in [2.24, 2.45) is 0 Å². The molecule has 2 aromatic carbocycles. The second kappa shape index (κ2) is 8.56. The van der Waals surface area contributed by atoms with E-state index in [1.807, 2.05) is 36.4 Å². The molecule has 26 heavy (non-hydrogen) atoms. The van der Waals surface area contributed by atoms with Crippen LogP contribution in [-0.4, -0.2) is 32.8 Å². The fourth-order valence-corrected chi connectivity index (χ4v) is 3.73. The summed E-state index contributed by atoms with van der Waals surface area (Å²) in [6.07, 6.45) is 1.97. The number of hydrogen-bond acceptors (Lipinski definition) is 3. The van der Waals surface area contributed by atoms with Crippen LogP contribution in [0.15, 0.2) is 48.5 Å². The van der Waals surface area contributed by atoms with Crippen molar-refractivity contribution in [2.75, 3.05) is 26.9 Å². The monoisotopic (exact) mass is 373 g/mol. The molecule has 0 aliphatic carbocycles. The average molecular weight is 374 g/mol. The van der Waals surface area contributed by atoms with E-state index in [1.54, 1.807) is 13.2 Å². The van der Waals surface area contributed by atoms with Crippen molar-refractivity contribution in [3.8, 4) is 5.75 Å². The topological polar surface area (TPSA) is 47.6 Å². The van der Waals surface area contributed by atoms with Gasteiger partial charge in [-0.1, -0.05) is 48.0 Å². The van der Waals surface area contributed by atoms with E-state index in [4.69, 9.17) is 21.1 Å². The highest BCUT2D eigenvalue weighted by Crippen LogP contribution is 2.39. The number of hydrogen-bond donors (Lipinski definition) is 1. The minimum Gasteiger partial charge on any atom is -0.496 e. The minimum absolute atomic E-state index is 0.0288. The lowest BCUT2D eigenvalue weighted by atomic mass is 9.73. The normalized spacial score (nSPS) is 16.1. The standard InChI is InChI=1S/C21H24ClNO3/c1-25-19-9-5-3-7-17(19)21(10-12-26-13-11-21)15-23-20(24)14-16-6-2-4-8-18(16)22/h2-9H,10-15H2,1H3,(H,23,24). The molecule has 0 aromatic heterocycles. The van der Waals surface area contributed by atoms with Crippen molar-refractivity contribution in [3.63, 3.8) is 0 Å². The number of benzene rings is 2. The first-order valence-corrected chi connectivity index (χ1v) is 9.24. The molecule has 1 aliphatic heterocycles. The summed E-state index contributed by atoms with van der Waals surface area (Å²) in [6.45, 7) is 1.91. The van der Waals surface area contributed by atoms with Crippen LogP contribution >= 0.6 is 11.6 Å². The van der Waals surface area contributed by atoms with Gasteiger partial charge in [0.15, 0.2) is 0 Å². The SMILES string of the molecule is COc1ccccc1C1(CNC(=O)Cc2ccccc2Cl)CCOCC1. The highest BCUT2D eigenvalue weighted by molar-refractivity contribution is 6.31. The van der Waals surface area contributed by atoms with E-state index in [-0.39, 0.29) is 17.7 Å². The summed E-state index contributed by atoms with van der Waals surface area (Å²) in [7, 11) is 1.68. The van der Waals surface area contributed by atoms with Crippen molar-refractivity contribution in [1.29, 1.82) is 0 Å². The van der Waals surface area contributed by atoms with Gasteiger partial charge in [-0.05, 0) is 30.5 Å². The zero-order chi connectivity index (χ0) is 18.4. The Bertz CT molecular complexity index is 756. The quantitative estimate of drug-likeness (QED) is 0.838. The Hall–Kier alpha value is -2.04. The molecule has 1 saturated heterocycles. The van der Waals surface area contributed by atoms with Crippen LogP contribution in [0.4, 0.5) is 0 Å². The highest BCUT2D eigenvalue weighted by atomic mass is 35.5. The van der Waals surface area contributed by atoms with Crippen molar-refractivity contribution in [1.82, 2.24) is 5.32 Å². The number of carbonyl (C=O) groups is 1. The molecule has 0 bridgehead atoms. The summed E-state index contributed by atoms with van der Waals surface area (Å²) in [4.78, 5) is 12.5. The van der Waals surface area contributed by atoms with Gasteiger partial charge in [0.05, 0.1) is 13.5 Å². The summed E-state index contributed by atoms with van der Waals surface area (Å²) in [5.41, 5.74) is 1.79. The van der Waals surface area contributed by atoms with Crippen LogP contribution in [0.5, 0.6) is 5.75 Å². The summed E-state index contributed by atoms with van der Waals surface area (Å²) >= 11 is 6.17. The largest absolute Gasteiger partial charge is 0.496 e. The van der Waals surface area contributed by atoms with Crippen molar-refractivity contribution >= 4 is 17.5 Å². The van der Waals surface area contributed by atoms with Gasteiger partial charge in [0, 0.05) is 35.8 Å². The number of carbonyl (C=O) groups excluding carboxylic acids is 1. The number of para-hydroxylation sites is 1. The summed E-state index contributed by atoms with van der Waals surface area (Å²) in [5.74, 6) is 0.827. The van der Waals surface area contributed by atoms with Crippen molar-refractivity contribution in [2.45, 2.75) is 24.7 Å². The van der Waals surface area contributed by atoms with Gasteiger partial charge in [0.1, 0.15) is 5.75 Å². The molecule has 3 rings (SSSR count). The van der Waals surface area contributed by atoms with Gasteiger partial charge >= 0.3 is 0 Å². The first-order chi connectivity index (χ1) is 12.6. The third-order valence-electron chi connectivity index (χ3n) is 5.06. The molecule has 2 aromatic rings. The molecule has 5 heteroatoms. The van der Waals surface area contributed by atoms with Gasteiger partial charge in [-0.3, -0.25) is 4.79 Å². The average Bonchev–Trinajstić information content (AvgIpc) is 2.69. The minimum atomic E-state index is -0.180. The molecule has 1 fully saturated rings. The maximum Gasteiger partial charge on any atom is 0.224 e. The Labute approximate surface area is 159 Å². The molecule has 4 nitrogen and oxygen atoms in total. The van der Waals surface area contributed by atoms with Crippen LogP contribution in [0, 0.1) is 0 Å². The zero-order valence-corrected chi connectivity index (χ0v) is 15.7. The maximum absolute atomic E-state index is 12.5. The number of halogens is 1. The molecule has 0 saturated carbocycles. The Morgan fingerprint density at radius 3 is 2.58 bits per heavy atom. The molecule has 1 heterocycles. The second-order valence-corrected chi connectivity index (χ2v) is 7.05. The van der Waals surface area contributed by atoms with Gasteiger partial charge in [-0.2, -0.15) is 0 Å². The van der Waals surface area contributed by atoms with Crippen LogP contribution in [0.2, 0.25) is 5.02 Å². The van der Waals surface area contributed by atoms with Gasteiger partial charge < -0.3 is 14.8 Å². The molecule has 1 aliphatic rings. The van der Waals surface area contributed by atoms with Crippen LogP contribution in [0.1, 0.15) is 24.0 Å². The number of ether oxygens (including phenoxy) is 2. The fourth-order valence-electron chi connectivity index (χ4n) is 3.53. The number of nitrogens with one attached hydrogen (secondary N) is 1. The molecule has 0 unspecified atom stereocenters. The van der Waals surface area contributed by atoms with E-state index >= 15 is 0 Å².